The molecule has 2 rings (SSSR count). The molecule has 0 saturated carbocycles. The summed E-state index contributed by atoms with van der Waals surface area (Å²) in [6.45, 7) is 5.95. The fourth-order valence-corrected chi connectivity index (χ4v) is 3.87. The van der Waals surface area contributed by atoms with Crippen molar-refractivity contribution in [2.75, 3.05) is 0 Å². The van der Waals surface area contributed by atoms with Crippen LogP contribution >= 0.6 is 27.3 Å². The highest BCUT2D eigenvalue weighted by atomic mass is 79.9. The first kappa shape index (κ1) is 12.8. The van der Waals surface area contributed by atoms with Crippen molar-refractivity contribution >= 4 is 27.3 Å². The summed E-state index contributed by atoms with van der Waals surface area (Å²) in [6.07, 6.45) is 0. The minimum Gasteiger partial charge on any atom is -0.380 e. The molecule has 90 valence electrons. The van der Waals surface area contributed by atoms with Crippen LogP contribution < -0.4 is 0 Å². The third-order valence-corrected chi connectivity index (χ3v) is 4.89. The average Bonchev–Trinajstić information content (AvgIpc) is 2.63. The van der Waals surface area contributed by atoms with E-state index in [1.165, 1.54) is 11.1 Å². The highest BCUT2D eigenvalue weighted by Gasteiger charge is 2.29. The first-order valence-corrected chi connectivity index (χ1v) is 7.13. The fourth-order valence-electron chi connectivity index (χ4n) is 2.03. The lowest BCUT2D eigenvalue weighted by Crippen LogP contribution is -2.22. The maximum atomic E-state index is 10.8. The summed E-state index contributed by atoms with van der Waals surface area (Å²) >= 11 is 5.05. The number of thiophene rings is 1. The molecule has 0 saturated heterocycles. The second-order valence-electron chi connectivity index (χ2n) is 4.55. The van der Waals surface area contributed by atoms with Crippen LogP contribution in [0, 0.1) is 13.8 Å². The van der Waals surface area contributed by atoms with Crippen LogP contribution in [-0.2, 0) is 5.60 Å². The molecule has 0 aliphatic heterocycles. The van der Waals surface area contributed by atoms with Gasteiger partial charge in [0, 0.05) is 4.47 Å². The number of rotatable bonds is 2. The highest BCUT2D eigenvalue weighted by molar-refractivity contribution is 9.10. The lowest BCUT2D eigenvalue weighted by Gasteiger charge is -2.24. The second-order valence-corrected chi connectivity index (χ2v) is 6.32. The lowest BCUT2D eigenvalue weighted by molar-refractivity contribution is 0.105. The quantitative estimate of drug-likeness (QED) is 0.872. The van der Waals surface area contributed by atoms with Crippen molar-refractivity contribution in [1.82, 2.24) is 0 Å². The molecule has 1 nitrogen and oxygen atoms in total. The van der Waals surface area contributed by atoms with Crippen LogP contribution in [0.5, 0.6) is 0 Å². The van der Waals surface area contributed by atoms with E-state index in [0.717, 1.165) is 14.9 Å². The molecule has 0 aliphatic carbocycles. The van der Waals surface area contributed by atoms with Gasteiger partial charge < -0.3 is 5.11 Å². The molecule has 0 bridgehead atoms. The molecular formula is C14H15BrOS. The molecular weight excluding hydrogens is 296 g/mol. The Labute approximate surface area is 114 Å². The summed E-state index contributed by atoms with van der Waals surface area (Å²) in [5.74, 6) is 0. The maximum absolute atomic E-state index is 10.8. The van der Waals surface area contributed by atoms with E-state index < -0.39 is 5.60 Å². The van der Waals surface area contributed by atoms with Gasteiger partial charge in [-0.2, -0.15) is 0 Å². The highest BCUT2D eigenvalue weighted by Crippen LogP contribution is 2.38. The monoisotopic (exact) mass is 310 g/mol. The van der Waals surface area contributed by atoms with E-state index in [2.05, 4.69) is 35.8 Å². The predicted octanol–water partition coefficient (Wildman–Crippen LogP) is 4.38. The number of benzene rings is 1. The zero-order valence-corrected chi connectivity index (χ0v) is 12.5. The molecule has 17 heavy (non-hydrogen) atoms. The minimum atomic E-state index is -0.941. The van der Waals surface area contributed by atoms with Gasteiger partial charge in [-0.05, 0) is 53.7 Å². The number of aryl methyl sites for hydroxylation is 2. The van der Waals surface area contributed by atoms with E-state index in [1.54, 1.807) is 11.3 Å². The van der Waals surface area contributed by atoms with Crippen LogP contribution in [-0.4, -0.2) is 5.11 Å². The molecule has 2 aromatic rings. The van der Waals surface area contributed by atoms with Gasteiger partial charge in [-0.1, -0.05) is 29.3 Å². The molecule has 0 fully saturated rings. The summed E-state index contributed by atoms with van der Waals surface area (Å²) in [4.78, 5) is 0.947. The zero-order valence-electron chi connectivity index (χ0n) is 10.1. The van der Waals surface area contributed by atoms with Crippen LogP contribution in [0.25, 0.3) is 0 Å². The molecule has 0 spiro atoms. The van der Waals surface area contributed by atoms with E-state index in [-0.39, 0.29) is 0 Å². The Hall–Kier alpha value is -0.640. The summed E-state index contributed by atoms with van der Waals surface area (Å²) < 4.78 is 0.964. The van der Waals surface area contributed by atoms with E-state index >= 15 is 0 Å². The molecule has 1 aromatic carbocycles. The summed E-state index contributed by atoms with van der Waals surface area (Å²) in [5.41, 5.74) is 2.35. The van der Waals surface area contributed by atoms with Gasteiger partial charge in [-0.25, -0.2) is 0 Å². The van der Waals surface area contributed by atoms with Gasteiger partial charge in [0.2, 0.25) is 0 Å². The van der Waals surface area contributed by atoms with E-state index in [0.29, 0.717) is 0 Å². The Bertz CT molecular complexity index is 523. The molecule has 1 heterocycles. The Balaban J connectivity index is 2.55. The van der Waals surface area contributed by atoms with Gasteiger partial charge in [0.1, 0.15) is 5.60 Å². The number of hydrogen-bond donors (Lipinski definition) is 1. The summed E-state index contributed by atoms with van der Waals surface area (Å²) in [6, 6.07) is 8.17. The topological polar surface area (TPSA) is 20.2 Å². The Morgan fingerprint density at radius 1 is 1.18 bits per heavy atom. The Kier molecular flexibility index (Phi) is 3.43. The molecule has 1 N–H and O–H groups in total. The maximum Gasteiger partial charge on any atom is 0.122 e. The average molecular weight is 311 g/mol. The lowest BCUT2D eigenvalue weighted by atomic mass is 9.91. The SMILES string of the molecule is Cc1cc(C)cc(C(C)(O)c2sccc2Br)c1. The van der Waals surface area contributed by atoms with Crippen molar-refractivity contribution in [3.8, 4) is 0 Å². The molecule has 0 aliphatic rings. The zero-order chi connectivity index (χ0) is 12.6. The summed E-state index contributed by atoms with van der Waals surface area (Å²) in [5, 5.41) is 12.7. The molecule has 0 amide bonds. The fraction of sp³-hybridized carbons (Fsp3) is 0.286. The van der Waals surface area contributed by atoms with E-state index in [1.807, 2.05) is 30.5 Å². The standard InChI is InChI=1S/C14H15BrOS/c1-9-6-10(2)8-11(7-9)14(3,16)13-12(15)4-5-17-13/h4-8,16H,1-3H3. The molecule has 0 radical (unpaired) electrons. The van der Waals surface area contributed by atoms with Crippen LogP contribution in [0.1, 0.15) is 28.5 Å². The van der Waals surface area contributed by atoms with E-state index in [4.69, 9.17) is 0 Å². The Morgan fingerprint density at radius 3 is 2.24 bits per heavy atom. The number of halogens is 1. The number of aliphatic hydroxyl groups is 1. The molecule has 1 unspecified atom stereocenters. The first-order valence-electron chi connectivity index (χ1n) is 5.46. The van der Waals surface area contributed by atoms with Crippen LogP contribution in [0.3, 0.4) is 0 Å². The van der Waals surface area contributed by atoms with Gasteiger partial charge >= 0.3 is 0 Å². The van der Waals surface area contributed by atoms with Crippen molar-refractivity contribution < 1.29 is 5.11 Å². The minimum absolute atomic E-state index is 0.941. The number of hydrogen-bond acceptors (Lipinski definition) is 2. The normalized spacial score (nSPS) is 14.6. The smallest absolute Gasteiger partial charge is 0.122 e. The van der Waals surface area contributed by atoms with Crippen LogP contribution in [0.2, 0.25) is 0 Å². The van der Waals surface area contributed by atoms with E-state index in [9.17, 15) is 5.11 Å². The third kappa shape index (κ3) is 2.46. The van der Waals surface area contributed by atoms with Crippen LogP contribution in [0.4, 0.5) is 0 Å². The molecule has 1 aromatic heterocycles. The van der Waals surface area contributed by atoms with Crippen molar-refractivity contribution in [1.29, 1.82) is 0 Å². The van der Waals surface area contributed by atoms with Gasteiger partial charge in [-0.3, -0.25) is 0 Å². The molecule has 3 heteroatoms. The Morgan fingerprint density at radius 2 is 1.76 bits per heavy atom. The van der Waals surface area contributed by atoms with Gasteiger partial charge in [0.25, 0.3) is 0 Å². The summed E-state index contributed by atoms with van der Waals surface area (Å²) in [7, 11) is 0. The van der Waals surface area contributed by atoms with Crippen molar-refractivity contribution in [2.24, 2.45) is 0 Å². The first-order chi connectivity index (χ1) is 7.91. The van der Waals surface area contributed by atoms with Crippen molar-refractivity contribution in [2.45, 2.75) is 26.4 Å². The third-order valence-electron chi connectivity index (χ3n) is 2.84. The predicted molar refractivity (Wildman–Crippen MR) is 76.6 cm³/mol. The van der Waals surface area contributed by atoms with Gasteiger partial charge in [0.05, 0.1) is 4.88 Å². The van der Waals surface area contributed by atoms with Gasteiger partial charge in [-0.15, -0.1) is 11.3 Å². The van der Waals surface area contributed by atoms with Crippen LogP contribution in [0.15, 0.2) is 34.1 Å². The molecule has 1 atom stereocenters. The second kappa shape index (κ2) is 4.56. The van der Waals surface area contributed by atoms with Crippen molar-refractivity contribution in [3.63, 3.8) is 0 Å². The largest absolute Gasteiger partial charge is 0.380 e. The van der Waals surface area contributed by atoms with Gasteiger partial charge in [0.15, 0.2) is 0 Å². The van der Waals surface area contributed by atoms with Crippen molar-refractivity contribution in [3.05, 3.63) is 55.7 Å².